The van der Waals surface area contributed by atoms with E-state index in [1.165, 1.54) is 23.1 Å². The van der Waals surface area contributed by atoms with Gasteiger partial charge >= 0.3 is 0 Å². The summed E-state index contributed by atoms with van der Waals surface area (Å²) in [6, 6.07) is 14.9. The van der Waals surface area contributed by atoms with Crippen LogP contribution >= 0.6 is 34.7 Å². The molecule has 1 aliphatic heterocycles. The van der Waals surface area contributed by atoms with Crippen molar-refractivity contribution in [3.63, 3.8) is 0 Å². The number of aromatic nitrogens is 2. The van der Waals surface area contributed by atoms with Crippen LogP contribution in [0.2, 0.25) is 5.02 Å². The lowest BCUT2D eigenvalue weighted by Crippen LogP contribution is -2.19. The van der Waals surface area contributed by atoms with Crippen LogP contribution in [0.3, 0.4) is 0 Å². The van der Waals surface area contributed by atoms with Gasteiger partial charge in [0.1, 0.15) is 5.75 Å². The van der Waals surface area contributed by atoms with Gasteiger partial charge in [-0.15, -0.1) is 10.2 Å². The highest BCUT2D eigenvalue weighted by Gasteiger charge is 2.24. The van der Waals surface area contributed by atoms with Crippen LogP contribution in [0.5, 0.6) is 5.75 Å². The van der Waals surface area contributed by atoms with Crippen LogP contribution in [-0.2, 0) is 4.79 Å². The molecule has 3 aromatic rings. The predicted octanol–water partition coefficient (Wildman–Crippen LogP) is 4.76. The molecule has 0 spiro atoms. The fourth-order valence-electron chi connectivity index (χ4n) is 2.42. The van der Waals surface area contributed by atoms with Gasteiger partial charge in [0.2, 0.25) is 5.13 Å². The zero-order valence-corrected chi connectivity index (χ0v) is 16.9. The number of halogens is 1. The molecular weight excluding hydrogens is 416 g/mol. The second-order valence-electron chi connectivity index (χ2n) is 5.62. The topological polar surface area (TPSA) is 76.5 Å². The van der Waals surface area contributed by atoms with Crippen LogP contribution in [0.1, 0.15) is 5.56 Å². The van der Waals surface area contributed by atoms with Crippen molar-refractivity contribution in [2.45, 2.75) is 0 Å². The first-order valence-corrected chi connectivity index (χ1v) is 10.2. The SMILES string of the molecule is COc1ccc(C=C2SC(=Nc3nnc(-c4ccccc4Cl)s3)NC2=O)cc1. The molecule has 4 rings (SSSR count). The highest BCUT2D eigenvalue weighted by Crippen LogP contribution is 2.34. The second-order valence-corrected chi connectivity index (χ2v) is 8.02. The van der Waals surface area contributed by atoms with Crippen molar-refractivity contribution < 1.29 is 9.53 Å². The van der Waals surface area contributed by atoms with Crippen LogP contribution in [0.4, 0.5) is 5.13 Å². The molecule has 1 saturated heterocycles. The number of nitrogens with zero attached hydrogens (tertiary/aromatic N) is 3. The van der Waals surface area contributed by atoms with E-state index in [9.17, 15) is 4.79 Å². The van der Waals surface area contributed by atoms with E-state index in [4.69, 9.17) is 16.3 Å². The maximum absolute atomic E-state index is 12.2. The van der Waals surface area contributed by atoms with Crippen molar-refractivity contribution in [1.29, 1.82) is 0 Å². The van der Waals surface area contributed by atoms with Gasteiger partial charge in [-0.25, -0.2) is 0 Å². The van der Waals surface area contributed by atoms with Crippen molar-refractivity contribution in [2.24, 2.45) is 4.99 Å². The molecule has 0 radical (unpaired) electrons. The third-order valence-electron chi connectivity index (χ3n) is 3.78. The lowest BCUT2D eigenvalue weighted by molar-refractivity contribution is -0.115. The minimum Gasteiger partial charge on any atom is -0.497 e. The molecule has 1 N–H and O–H groups in total. The Morgan fingerprint density at radius 2 is 1.93 bits per heavy atom. The van der Waals surface area contributed by atoms with Gasteiger partial charge < -0.3 is 10.1 Å². The van der Waals surface area contributed by atoms with Crippen LogP contribution in [0.25, 0.3) is 16.6 Å². The van der Waals surface area contributed by atoms with Gasteiger partial charge in [-0.05, 0) is 41.6 Å². The first-order chi connectivity index (χ1) is 13.6. The lowest BCUT2D eigenvalue weighted by Gasteiger charge is -1.99. The molecule has 28 heavy (non-hydrogen) atoms. The Morgan fingerprint density at radius 3 is 2.68 bits per heavy atom. The van der Waals surface area contributed by atoms with E-state index in [-0.39, 0.29) is 5.91 Å². The highest BCUT2D eigenvalue weighted by molar-refractivity contribution is 8.18. The van der Waals surface area contributed by atoms with Gasteiger partial charge in [-0.1, -0.05) is 53.3 Å². The second kappa shape index (κ2) is 8.14. The molecule has 9 heteroatoms. The van der Waals surface area contributed by atoms with E-state index in [2.05, 4.69) is 20.5 Å². The Balaban J connectivity index is 1.53. The van der Waals surface area contributed by atoms with Crippen molar-refractivity contribution in [2.75, 3.05) is 7.11 Å². The highest BCUT2D eigenvalue weighted by atomic mass is 35.5. The van der Waals surface area contributed by atoms with Gasteiger partial charge in [0.05, 0.1) is 17.0 Å². The zero-order valence-electron chi connectivity index (χ0n) is 14.5. The molecule has 2 aromatic carbocycles. The Morgan fingerprint density at radius 1 is 1.14 bits per heavy atom. The molecule has 0 atom stereocenters. The van der Waals surface area contributed by atoms with Gasteiger partial charge in [-0.3, -0.25) is 4.79 Å². The van der Waals surface area contributed by atoms with Crippen molar-refractivity contribution in [3.8, 4) is 16.3 Å². The van der Waals surface area contributed by atoms with Crippen LogP contribution in [0, 0.1) is 0 Å². The number of amides is 1. The number of benzene rings is 2. The van der Waals surface area contributed by atoms with E-state index in [0.29, 0.717) is 25.2 Å². The molecule has 6 nitrogen and oxygen atoms in total. The van der Waals surface area contributed by atoms with Crippen molar-refractivity contribution in [3.05, 3.63) is 64.0 Å². The predicted molar refractivity (Wildman–Crippen MR) is 114 cm³/mol. The summed E-state index contributed by atoms with van der Waals surface area (Å²) in [5, 5.41) is 13.2. The zero-order chi connectivity index (χ0) is 19.5. The number of rotatable bonds is 4. The maximum atomic E-state index is 12.2. The molecule has 2 heterocycles. The van der Waals surface area contributed by atoms with Gasteiger partial charge in [0, 0.05) is 5.56 Å². The molecule has 1 amide bonds. The number of amidine groups is 1. The van der Waals surface area contributed by atoms with E-state index >= 15 is 0 Å². The number of nitrogens with one attached hydrogen (secondary N) is 1. The average Bonchev–Trinajstić information content (AvgIpc) is 3.29. The summed E-state index contributed by atoms with van der Waals surface area (Å²) in [5.74, 6) is 0.564. The molecule has 0 aliphatic carbocycles. The molecule has 140 valence electrons. The van der Waals surface area contributed by atoms with Gasteiger partial charge in [0.15, 0.2) is 10.2 Å². The number of hydrogen-bond acceptors (Lipinski definition) is 7. The average molecular weight is 429 g/mol. The number of thioether (sulfide) groups is 1. The number of hydrogen-bond donors (Lipinski definition) is 1. The normalized spacial score (nSPS) is 16.6. The van der Waals surface area contributed by atoms with E-state index in [0.717, 1.165) is 16.9 Å². The third kappa shape index (κ3) is 4.09. The van der Waals surface area contributed by atoms with E-state index in [1.54, 1.807) is 19.3 Å². The summed E-state index contributed by atoms with van der Waals surface area (Å²) >= 11 is 8.76. The monoisotopic (exact) mass is 428 g/mol. The molecule has 1 aliphatic rings. The molecule has 1 aromatic heterocycles. The fourth-order valence-corrected chi connectivity index (χ4v) is 4.35. The summed E-state index contributed by atoms with van der Waals surface area (Å²) < 4.78 is 5.14. The van der Waals surface area contributed by atoms with Gasteiger partial charge in [0.25, 0.3) is 5.91 Å². The summed E-state index contributed by atoms with van der Waals surface area (Å²) in [6.07, 6.45) is 1.80. The Hall–Kier alpha value is -2.68. The minimum atomic E-state index is -0.199. The molecule has 1 fully saturated rings. The quantitative estimate of drug-likeness (QED) is 0.606. The summed E-state index contributed by atoms with van der Waals surface area (Å²) in [6.45, 7) is 0. The third-order valence-corrected chi connectivity index (χ3v) is 5.87. The minimum absolute atomic E-state index is 0.199. The first-order valence-electron chi connectivity index (χ1n) is 8.14. The largest absolute Gasteiger partial charge is 0.497 e. The first kappa shape index (κ1) is 18.7. The van der Waals surface area contributed by atoms with Crippen molar-refractivity contribution >= 4 is 57.0 Å². The Bertz CT molecular complexity index is 1090. The number of carbonyl (C=O) groups excluding carboxylic acids is 1. The summed E-state index contributed by atoms with van der Waals surface area (Å²) in [5.41, 5.74) is 1.70. The Kier molecular flexibility index (Phi) is 5.43. The lowest BCUT2D eigenvalue weighted by atomic mass is 10.2. The van der Waals surface area contributed by atoms with Crippen LogP contribution in [0.15, 0.2) is 58.4 Å². The number of aliphatic imine (C=N–C) groups is 1. The molecule has 0 bridgehead atoms. The number of carbonyl (C=O) groups is 1. The van der Waals surface area contributed by atoms with E-state index in [1.807, 2.05) is 42.5 Å². The molecule has 0 unspecified atom stereocenters. The maximum Gasteiger partial charge on any atom is 0.264 e. The van der Waals surface area contributed by atoms with Crippen LogP contribution < -0.4 is 10.1 Å². The van der Waals surface area contributed by atoms with Gasteiger partial charge in [-0.2, -0.15) is 4.99 Å². The van der Waals surface area contributed by atoms with E-state index < -0.39 is 0 Å². The number of ether oxygens (including phenoxy) is 1. The molecule has 0 saturated carbocycles. The summed E-state index contributed by atoms with van der Waals surface area (Å²) in [7, 11) is 1.61. The smallest absolute Gasteiger partial charge is 0.264 e. The standard InChI is InChI=1S/C19H13ClN4O2S2/c1-26-12-8-6-11(7-9-12)10-15-16(25)21-18(27-15)22-19-24-23-17(28-19)13-4-2-3-5-14(13)20/h2-10H,1H3,(H,21,22,24,25). The number of methoxy groups -OCH3 is 1. The molecular formula is C19H13ClN4O2S2. The summed E-state index contributed by atoms with van der Waals surface area (Å²) in [4.78, 5) is 17.2. The Labute approximate surface area is 174 Å². The fraction of sp³-hybridized carbons (Fsp3) is 0.0526. The van der Waals surface area contributed by atoms with Crippen molar-refractivity contribution in [1.82, 2.24) is 15.5 Å². The van der Waals surface area contributed by atoms with Crippen LogP contribution in [-0.4, -0.2) is 28.4 Å².